The third kappa shape index (κ3) is 3.42. The normalized spacial score (nSPS) is 30.4. The number of halogens is 2. The number of carbonyl (C=O) groups excluding carboxylic acids is 1. The number of rotatable bonds is 3. The largest absolute Gasteiger partial charge is 0.458 e. The molecule has 0 bridgehead atoms. The Morgan fingerprint density at radius 1 is 1.06 bits per heavy atom. The SMILES string of the molecule is CC(F)(F)C(=O)OC1CCC(C2CCCCC2)C1. The van der Waals surface area contributed by atoms with Crippen LogP contribution in [0.15, 0.2) is 0 Å². The molecule has 2 rings (SSSR count). The lowest BCUT2D eigenvalue weighted by Crippen LogP contribution is -2.30. The van der Waals surface area contributed by atoms with E-state index in [4.69, 9.17) is 4.74 Å². The van der Waals surface area contributed by atoms with E-state index in [0.717, 1.165) is 25.2 Å². The molecule has 2 saturated carbocycles. The van der Waals surface area contributed by atoms with Gasteiger partial charge in [-0.2, -0.15) is 8.78 Å². The minimum absolute atomic E-state index is 0.282. The van der Waals surface area contributed by atoms with Crippen LogP contribution in [0.5, 0.6) is 0 Å². The lowest BCUT2D eigenvalue weighted by atomic mass is 9.79. The summed E-state index contributed by atoms with van der Waals surface area (Å²) in [6, 6.07) is 0. The molecule has 0 amide bonds. The topological polar surface area (TPSA) is 26.3 Å². The summed E-state index contributed by atoms with van der Waals surface area (Å²) in [6.45, 7) is 0.600. The smallest absolute Gasteiger partial charge is 0.376 e. The molecule has 2 atom stereocenters. The van der Waals surface area contributed by atoms with Crippen molar-refractivity contribution in [2.45, 2.75) is 70.3 Å². The van der Waals surface area contributed by atoms with Gasteiger partial charge in [0.2, 0.25) is 0 Å². The van der Waals surface area contributed by atoms with Crippen LogP contribution >= 0.6 is 0 Å². The highest BCUT2D eigenvalue weighted by Gasteiger charge is 2.39. The van der Waals surface area contributed by atoms with Gasteiger partial charge < -0.3 is 4.74 Å². The average Bonchev–Trinajstić information content (AvgIpc) is 2.77. The third-order valence-electron chi connectivity index (χ3n) is 4.37. The van der Waals surface area contributed by atoms with Crippen molar-refractivity contribution in [3.63, 3.8) is 0 Å². The zero-order valence-corrected chi connectivity index (χ0v) is 11.0. The van der Waals surface area contributed by atoms with Crippen LogP contribution in [0.3, 0.4) is 0 Å². The van der Waals surface area contributed by atoms with Crippen molar-refractivity contribution in [2.75, 3.05) is 0 Å². The molecular formula is C14H22F2O2. The summed E-state index contributed by atoms with van der Waals surface area (Å²) in [5.41, 5.74) is 0. The molecular weight excluding hydrogens is 238 g/mol. The summed E-state index contributed by atoms with van der Waals surface area (Å²) in [7, 11) is 0. The van der Waals surface area contributed by atoms with E-state index in [2.05, 4.69) is 0 Å². The maximum atomic E-state index is 12.7. The lowest BCUT2D eigenvalue weighted by Gasteiger charge is -2.27. The van der Waals surface area contributed by atoms with Crippen LogP contribution in [-0.2, 0) is 9.53 Å². The van der Waals surface area contributed by atoms with E-state index in [1.165, 1.54) is 32.1 Å². The first kappa shape index (κ1) is 13.8. The van der Waals surface area contributed by atoms with E-state index in [-0.39, 0.29) is 6.10 Å². The van der Waals surface area contributed by atoms with E-state index in [9.17, 15) is 13.6 Å². The molecule has 104 valence electrons. The lowest BCUT2D eigenvalue weighted by molar-refractivity contribution is -0.174. The Labute approximate surface area is 107 Å². The Bertz CT molecular complexity index is 293. The van der Waals surface area contributed by atoms with Crippen molar-refractivity contribution >= 4 is 5.97 Å². The van der Waals surface area contributed by atoms with E-state index >= 15 is 0 Å². The van der Waals surface area contributed by atoms with Crippen LogP contribution < -0.4 is 0 Å². The van der Waals surface area contributed by atoms with Gasteiger partial charge in [0, 0.05) is 6.92 Å². The fraction of sp³-hybridized carbons (Fsp3) is 0.929. The van der Waals surface area contributed by atoms with Gasteiger partial charge >= 0.3 is 11.9 Å². The minimum Gasteiger partial charge on any atom is -0.458 e. The van der Waals surface area contributed by atoms with Gasteiger partial charge in [-0.15, -0.1) is 0 Å². The molecule has 0 aromatic carbocycles. The molecule has 2 fully saturated rings. The van der Waals surface area contributed by atoms with Crippen molar-refractivity contribution in [1.82, 2.24) is 0 Å². The molecule has 0 spiro atoms. The quantitative estimate of drug-likeness (QED) is 0.719. The van der Waals surface area contributed by atoms with Crippen molar-refractivity contribution in [3.05, 3.63) is 0 Å². The Morgan fingerprint density at radius 3 is 2.33 bits per heavy atom. The number of hydrogen-bond acceptors (Lipinski definition) is 2. The predicted molar refractivity (Wildman–Crippen MR) is 64.4 cm³/mol. The molecule has 0 heterocycles. The number of hydrogen-bond donors (Lipinski definition) is 0. The summed E-state index contributed by atoms with van der Waals surface area (Å²) < 4.78 is 30.4. The Kier molecular flexibility index (Phi) is 4.23. The summed E-state index contributed by atoms with van der Waals surface area (Å²) in [6.07, 6.45) is 8.70. The molecule has 0 aromatic heterocycles. The first-order valence-corrected chi connectivity index (χ1v) is 7.05. The molecule has 0 saturated heterocycles. The Balaban J connectivity index is 1.79. The van der Waals surface area contributed by atoms with Gasteiger partial charge in [-0.3, -0.25) is 0 Å². The van der Waals surface area contributed by atoms with Gasteiger partial charge in [-0.25, -0.2) is 4.79 Å². The molecule has 0 aliphatic heterocycles. The highest BCUT2D eigenvalue weighted by Crippen LogP contribution is 2.40. The van der Waals surface area contributed by atoms with Gasteiger partial charge in [-0.1, -0.05) is 32.1 Å². The standard InChI is InChI=1S/C14H22F2O2/c1-14(15,16)13(17)18-12-8-7-11(9-12)10-5-3-2-4-6-10/h10-12H,2-9H2,1H3. The molecule has 0 N–H and O–H groups in total. The van der Waals surface area contributed by atoms with Crippen LogP contribution in [0.2, 0.25) is 0 Å². The van der Waals surface area contributed by atoms with Gasteiger partial charge in [0.05, 0.1) is 0 Å². The fourth-order valence-electron chi connectivity index (χ4n) is 3.37. The third-order valence-corrected chi connectivity index (χ3v) is 4.37. The van der Waals surface area contributed by atoms with E-state index < -0.39 is 11.9 Å². The number of carbonyl (C=O) groups is 1. The monoisotopic (exact) mass is 260 g/mol. The summed E-state index contributed by atoms with van der Waals surface area (Å²) in [5.74, 6) is -3.42. The van der Waals surface area contributed by atoms with Crippen LogP contribution in [0, 0.1) is 11.8 Å². The average molecular weight is 260 g/mol. The number of alkyl halides is 2. The zero-order chi connectivity index (χ0) is 13.2. The van der Waals surface area contributed by atoms with E-state index in [1.807, 2.05) is 0 Å². The van der Waals surface area contributed by atoms with Gasteiger partial charge in [-0.05, 0) is 31.1 Å². The summed E-state index contributed by atoms with van der Waals surface area (Å²) in [5, 5.41) is 0. The first-order chi connectivity index (χ1) is 8.47. The zero-order valence-electron chi connectivity index (χ0n) is 11.0. The molecule has 2 aliphatic rings. The second-order valence-corrected chi connectivity index (χ2v) is 5.89. The van der Waals surface area contributed by atoms with E-state index in [0.29, 0.717) is 12.8 Å². The van der Waals surface area contributed by atoms with Crippen molar-refractivity contribution in [2.24, 2.45) is 11.8 Å². The molecule has 0 aromatic rings. The molecule has 2 nitrogen and oxygen atoms in total. The highest BCUT2D eigenvalue weighted by atomic mass is 19.3. The van der Waals surface area contributed by atoms with Crippen molar-refractivity contribution in [3.8, 4) is 0 Å². The molecule has 18 heavy (non-hydrogen) atoms. The molecule has 2 aliphatic carbocycles. The van der Waals surface area contributed by atoms with Crippen LogP contribution in [0.4, 0.5) is 8.78 Å². The van der Waals surface area contributed by atoms with Crippen molar-refractivity contribution in [1.29, 1.82) is 0 Å². The maximum absolute atomic E-state index is 12.7. The van der Waals surface area contributed by atoms with Gasteiger partial charge in [0.1, 0.15) is 6.10 Å². The van der Waals surface area contributed by atoms with Gasteiger partial charge in [0.25, 0.3) is 0 Å². The molecule has 4 heteroatoms. The maximum Gasteiger partial charge on any atom is 0.376 e. The number of ether oxygens (including phenoxy) is 1. The second kappa shape index (κ2) is 5.54. The fourth-order valence-corrected chi connectivity index (χ4v) is 3.37. The van der Waals surface area contributed by atoms with E-state index in [1.54, 1.807) is 0 Å². The number of esters is 1. The summed E-state index contributed by atoms with van der Waals surface area (Å²) >= 11 is 0. The Morgan fingerprint density at radius 2 is 1.72 bits per heavy atom. The predicted octanol–water partition coefficient (Wildman–Crippen LogP) is 3.93. The first-order valence-electron chi connectivity index (χ1n) is 7.05. The minimum atomic E-state index is -3.36. The van der Waals surface area contributed by atoms with Crippen molar-refractivity contribution < 1.29 is 18.3 Å². The highest BCUT2D eigenvalue weighted by molar-refractivity contribution is 5.77. The second-order valence-electron chi connectivity index (χ2n) is 5.89. The molecule has 2 unspecified atom stereocenters. The van der Waals surface area contributed by atoms with Crippen LogP contribution in [-0.4, -0.2) is 18.0 Å². The summed E-state index contributed by atoms with van der Waals surface area (Å²) in [4.78, 5) is 11.1. The van der Waals surface area contributed by atoms with Crippen LogP contribution in [0.25, 0.3) is 0 Å². The van der Waals surface area contributed by atoms with Gasteiger partial charge in [0.15, 0.2) is 0 Å². The van der Waals surface area contributed by atoms with Crippen LogP contribution in [0.1, 0.15) is 58.3 Å². The Hall–Kier alpha value is -0.670. The molecule has 0 radical (unpaired) electrons.